The predicted octanol–water partition coefficient (Wildman–Crippen LogP) is 3.92. The molecule has 3 fully saturated rings. The van der Waals surface area contributed by atoms with Crippen LogP contribution in [0, 0.1) is 28.6 Å². The summed E-state index contributed by atoms with van der Waals surface area (Å²) in [6, 6.07) is 10.9. The van der Waals surface area contributed by atoms with Crippen molar-refractivity contribution < 1.29 is 9.59 Å². The number of carbonyl (C=O) groups is 2. The molecule has 280 valence electrons. The summed E-state index contributed by atoms with van der Waals surface area (Å²) in [6.07, 6.45) is 14.4. The number of piperazine rings is 1. The molecule has 0 bridgehead atoms. The first-order valence-electron chi connectivity index (χ1n) is 18.7. The van der Waals surface area contributed by atoms with E-state index in [-0.39, 0.29) is 12.3 Å². The summed E-state index contributed by atoms with van der Waals surface area (Å²) in [7, 11) is 0. The largest absolute Gasteiger partial charge is 0.368 e. The maximum absolute atomic E-state index is 12.2. The molecule has 3 aliphatic rings. The number of nitrogens with zero attached hydrogens (tertiary/aromatic N) is 13. The fourth-order valence-electron chi connectivity index (χ4n) is 7.70. The van der Waals surface area contributed by atoms with Crippen LogP contribution >= 0.6 is 0 Å². The van der Waals surface area contributed by atoms with Gasteiger partial charge in [0, 0.05) is 62.7 Å². The highest BCUT2D eigenvalue weighted by Gasteiger charge is 2.28. The van der Waals surface area contributed by atoms with E-state index in [2.05, 4.69) is 62.9 Å². The van der Waals surface area contributed by atoms with Gasteiger partial charge in [-0.05, 0) is 69.7 Å². The van der Waals surface area contributed by atoms with Crippen LogP contribution in [0.25, 0.3) is 22.5 Å². The molecule has 1 atom stereocenters. The number of fused-ring (bicyclic) bond motifs is 1. The predicted molar refractivity (Wildman–Crippen MR) is 203 cm³/mol. The maximum Gasteiger partial charge on any atom is 0.328 e. The number of nitrogens with one attached hydrogen (secondary N) is 2. The molecule has 7 heterocycles. The van der Waals surface area contributed by atoms with Crippen molar-refractivity contribution in [3.63, 3.8) is 0 Å². The summed E-state index contributed by atoms with van der Waals surface area (Å²) >= 11 is 0. The van der Waals surface area contributed by atoms with Crippen LogP contribution in [0.15, 0.2) is 55.2 Å². The second-order valence-corrected chi connectivity index (χ2v) is 14.4. The Kier molecular flexibility index (Phi) is 10.0. The van der Waals surface area contributed by atoms with Crippen molar-refractivity contribution in [1.82, 2.24) is 49.9 Å². The van der Waals surface area contributed by atoms with E-state index in [1.807, 2.05) is 24.4 Å². The normalized spacial score (nSPS) is 19.8. The summed E-state index contributed by atoms with van der Waals surface area (Å²) in [5, 5.41) is 38.7. The van der Waals surface area contributed by atoms with Crippen LogP contribution in [0.4, 0.5) is 22.0 Å². The zero-order chi connectivity index (χ0) is 37.9. The van der Waals surface area contributed by atoms with Gasteiger partial charge in [0.05, 0.1) is 53.5 Å². The summed E-state index contributed by atoms with van der Waals surface area (Å²) < 4.78 is 3.33. The Morgan fingerprint density at radius 3 is 2.51 bits per heavy atom. The van der Waals surface area contributed by atoms with E-state index >= 15 is 0 Å². The fraction of sp³-hybridized carbons (Fsp3) is 0.421. The number of pyridine rings is 3. The Hall–Kier alpha value is -6.46. The second kappa shape index (κ2) is 15.5. The summed E-state index contributed by atoms with van der Waals surface area (Å²) in [5.41, 5.74) is 4.02. The van der Waals surface area contributed by atoms with Crippen molar-refractivity contribution in [3.8, 4) is 23.6 Å². The van der Waals surface area contributed by atoms with Crippen LogP contribution in [-0.2, 0) is 4.79 Å². The minimum absolute atomic E-state index is 0.245. The van der Waals surface area contributed by atoms with Gasteiger partial charge in [-0.25, -0.2) is 24.4 Å². The molecule has 55 heavy (non-hydrogen) atoms. The van der Waals surface area contributed by atoms with Gasteiger partial charge in [-0.15, -0.1) is 5.10 Å². The van der Waals surface area contributed by atoms with Crippen LogP contribution in [0.1, 0.15) is 62.6 Å². The van der Waals surface area contributed by atoms with Gasteiger partial charge in [0.25, 0.3) is 0 Å². The third-order valence-corrected chi connectivity index (χ3v) is 10.9. The molecule has 8 rings (SSSR count). The highest BCUT2D eigenvalue weighted by Crippen LogP contribution is 2.37. The Morgan fingerprint density at radius 2 is 1.76 bits per heavy atom. The minimum atomic E-state index is -0.469. The van der Waals surface area contributed by atoms with Crippen molar-refractivity contribution in [1.29, 1.82) is 10.5 Å². The number of nitriles is 2. The first-order valence-corrected chi connectivity index (χ1v) is 18.7. The number of rotatable bonds is 10. The summed E-state index contributed by atoms with van der Waals surface area (Å²) in [6.45, 7) is 7.00. The van der Waals surface area contributed by atoms with Crippen LogP contribution < -0.4 is 20.4 Å². The van der Waals surface area contributed by atoms with Crippen molar-refractivity contribution in [3.05, 3.63) is 66.5 Å². The van der Waals surface area contributed by atoms with Gasteiger partial charge < -0.3 is 10.2 Å². The smallest absolute Gasteiger partial charge is 0.328 e. The molecule has 0 aromatic carbocycles. The van der Waals surface area contributed by atoms with Crippen LogP contribution in [0.5, 0.6) is 0 Å². The van der Waals surface area contributed by atoms with E-state index in [1.54, 1.807) is 45.8 Å². The van der Waals surface area contributed by atoms with Crippen molar-refractivity contribution in [2.24, 2.45) is 5.92 Å². The number of imide groups is 1. The Bertz CT molecular complexity index is 2270. The van der Waals surface area contributed by atoms with Crippen LogP contribution in [0.2, 0.25) is 0 Å². The molecule has 5 aromatic heterocycles. The minimum Gasteiger partial charge on any atom is -0.368 e. The molecule has 0 unspecified atom stereocenters. The topological polar surface area (TPSA) is 203 Å². The van der Waals surface area contributed by atoms with E-state index in [9.17, 15) is 20.1 Å². The van der Waals surface area contributed by atoms with E-state index in [1.165, 1.54) is 12.6 Å². The molecule has 1 saturated carbocycles. The molecule has 2 aliphatic heterocycles. The standard InChI is InChI=1S/C38H41N15O2/c1-25(18-39)45-31-17-35(53-37-29(21-44-53)16-27(19-40)20-43-37)42-23-33(31)52-24-32(47-48-52)28-4-2-26(3-5-28)8-10-49-12-14-50(15-13-49)34-7-6-30(22-41-34)51-11-9-36(54)46-38(51)55/h6-7,16-17,20-26,28H,2-5,8-15H2,1H3,(H,42,45)(H,46,54,55)/t25-,26?,28?/m1/s1. The summed E-state index contributed by atoms with van der Waals surface area (Å²) in [4.78, 5) is 43.8. The number of urea groups is 1. The highest BCUT2D eigenvalue weighted by molar-refractivity contribution is 6.05. The molecule has 5 aromatic rings. The molecule has 1 aliphatic carbocycles. The molecule has 3 amide bonds. The van der Waals surface area contributed by atoms with Gasteiger partial charge in [0.1, 0.15) is 23.6 Å². The monoisotopic (exact) mass is 739 g/mol. The first kappa shape index (κ1) is 35.6. The van der Waals surface area contributed by atoms with E-state index in [0.29, 0.717) is 52.5 Å². The number of hydrogen-bond acceptors (Lipinski definition) is 13. The molecule has 0 spiro atoms. The first-order chi connectivity index (χ1) is 26.8. The van der Waals surface area contributed by atoms with Crippen LogP contribution in [0.3, 0.4) is 0 Å². The second-order valence-electron chi connectivity index (χ2n) is 14.4. The van der Waals surface area contributed by atoms with Gasteiger partial charge in [0.15, 0.2) is 11.5 Å². The third kappa shape index (κ3) is 7.65. The van der Waals surface area contributed by atoms with E-state index in [0.717, 1.165) is 75.3 Å². The number of amides is 3. The van der Waals surface area contributed by atoms with Gasteiger partial charge in [-0.2, -0.15) is 20.3 Å². The number of carbonyl (C=O) groups excluding carboxylic acids is 2. The quantitative estimate of drug-likeness (QED) is 0.209. The van der Waals surface area contributed by atoms with Crippen molar-refractivity contribution >= 4 is 40.2 Å². The lowest BCUT2D eigenvalue weighted by atomic mass is 9.79. The molecular weight excluding hydrogens is 699 g/mol. The molecular formula is C38H41N15O2. The SMILES string of the molecule is C[C@H](C#N)Nc1cc(-n2ncc3cc(C#N)cnc32)ncc1-n1cc(C2CCC(CCN3CCN(c4ccc(N5CCC(=O)NC5=O)cn4)CC3)CC2)nn1. The third-order valence-electron chi connectivity index (χ3n) is 10.9. The van der Waals surface area contributed by atoms with E-state index in [4.69, 9.17) is 0 Å². The van der Waals surface area contributed by atoms with Crippen molar-refractivity contribution in [2.75, 3.05) is 54.4 Å². The van der Waals surface area contributed by atoms with Crippen molar-refractivity contribution in [2.45, 2.75) is 57.4 Å². The average molecular weight is 740 g/mol. The van der Waals surface area contributed by atoms with Crippen LogP contribution in [-0.4, -0.2) is 102 Å². The lowest BCUT2D eigenvalue weighted by Gasteiger charge is -2.36. The average Bonchev–Trinajstić information content (AvgIpc) is 3.88. The molecule has 2 saturated heterocycles. The lowest BCUT2D eigenvalue weighted by molar-refractivity contribution is -0.120. The number of hydrogen-bond donors (Lipinski definition) is 2. The molecule has 17 heteroatoms. The zero-order valence-corrected chi connectivity index (χ0v) is 30.5. The Balaban J connectivity index is 0.836. The van der Waals surface area contributed by atoms with Gasteiger partial charge >= 0.3 is 6.03 Å². The molecule has 17 nitrogen and oxygen atoms in total. The molecule has 0 radical (unpaired) electrons. The maximum atomic E-state index is 12.2. The zero-order valence-electron chi connectivity index (χ0n) is 30.5. The van der Waals surface area contributed by atoms with E-state index < -0.39 is 12.1 Å². The van der Waals surface area contributed by atoms with Gasteiger partial charge in [-0.3, -0.25) is 19.9 Å². The van der Waals surface area contributed by atoms with Gasteiger partial charge in [-0.1, -0.05) is 5.21 Å². The fourth-order valence-corrected chi connectivity index (χ4v) is 7.70. The summed E-state index contributed by atoms with van der Waals surface area (Å²) in [5.74, 6) is 2.19. The lowest BCUT2D eigenvalue weighted by Crippen LogP contribution is -2.49. The number of anilines is 3. The molecule has 2 N–H and O–H groups in total. The van der Waals surface area contributed by atoms with Gasteiger partial charge in [0.2, 0.25) is 5.91 Å². The Morgan fingerprint density at radius 1 is 0.945 bits per heavy atom. The Labute approximate surface area is 317 Å². The highest BCUT2D eigenvalue weighted by atomic mass is 16.2. The number of aromatic nitrogens is 8.